The lowest BCUT2D eigenvalue weighted by Crippen LogP contribution is -2.51. The number of amides is 2. The molecule has 2 amide bonds. The van der Waals surface area contributed by atoms with E-state index in [0.717, 1.165) is 5.56 Å². The Morgan fingerprint density at radius 3 is 2.27 bits per heavy atom. The van der Waals surface area contributed by atoms with Gasteiger partial charge in [-0.05, 0) is 31.3 Å². The Morgan fingerprint density at radius 2 is 1.73 bits per heavy atom. The van der Waals surface area contributed by atoms with Crippen molar-refractivity contribution in [3.8, 4) is 5.75 Å². The number of thiocarbonyl (C=S) groups is 1. The molecule has 0 aliphatic carbocycles. The minimum atomic E-state index is -0.565. The second kappa shape index (κ2) is 7.74. The molecule has 7 heteroatoms. The van der Waals surface area contributed by atoms with Crippen LogP contribution in [0.2, 0.25) is 0 Å². The van der Waals surface area contributed by atoms with E-state index in [1.54, 1.807) is 32.9 Å². The van der Waals surface area contributed by atoms with E-state index < -0.39 is 11.3 Å². The van der Waals surface area contributed by atoms with Crippen LogP contribution in [0.15, 0.2) is 24.3 Å². The molecule has 0 aliphatic rings. The summed E-state index contributed by atoms with van der Waals surface area (Å²) in [4.78, 5) is 23.3. The SMILES string of the molecule is Cc1ccc(OCC(=O)NNC(=S)NC(=O)C(C)(C)C)cc1. The summed E-state index contributed by atoms with van der Waals surface area (Å²) in [6, 6.07) is 7.35. The normalized spacial score (nSPS) is 10.5. The van der Waals surface area contributed by atoms with Gasteiger partial charge in [0.05, 0.1) is 0 Å². The molecular formula is C15H21N3O3S. The van der Waals surface area contributed by atoms with E-state index in [1.807, 2.05) is 19.1 Å². The minimum Gasteiger partial charge on any atom is -0.484 e. The predicted molar refractivity (Wildman–Crippen MR) is 88.1 cm³/mol. The van der Waals surface area contributed by atoms with Crippen molar-refractivity contribution in [3.05, 3.63) is 29.8 Å². The fraction of sp³-hybridized carbons (Fsp3) is 0.400. The van der Waals surface area contributed by atoms with E-state index in [0.29, 0.717) is 5.75 Å². The average molecular weight is 323 g/mol. The van der Waals surface area contributed by atoms with Gasteiger partial charge in [-0.3, -0.25) is 20.4 Å². The lowest BCUT2D eigenvalue weighted by molar-refractivity contribution is -0.127. The standard InChI is InChI=1S/C15H21N3O3S/c1-10-5-7-11(8-6-10)21-9-12(19)17-18-14(22)16-13(20)15(2,3)4/h5-8H,9H2,1-4H3,(H,17,19)(H2,16,18,20,22). The molecule has 22 heavy (non-hydrogen) atoms. The van der Waals surface area contributed by atoms with Crippen molar-refractivity contribution < 1.29 is 14.3 Å². The highest BCUT2D eigenvalue weighted by Gasteiger charge is 2.21. The maximum atomic E-state index is 11.7. The number of hydrazine groups is 1. The van der Waals surface area contributed by atoms with E-state index >= 15 is 0 Å². The molecule has 1 rings (SSSR count). The molecule has 1 aromatic rings. The lowest BCUT2D eigenvalue weighted by Gasteiger charge is -2.18. The van der Waals surface area contributed by atoms with Gasteiger partial charge in [0.2, 0.25) is 5.91 Å². The number of carbonyl (C=O) groups is 2. The summed E-state index contributed by atoms with van der Waals surface area (Å²) in [5.41, 5.74) is 5.35. The molecule has 6 nitrogen and oxygen atoms in total. The molecule has 0 aromatic heterocycles. The summed E-state index contributed by atoms with van der Waals surface area (Å²) < 4.78 is 5.31. The van der Waals surface area contributed by atoms with Crippen molar-refractivity contribution in [1.82, 2.24) is 16.2 Å². The molecule has 1 aromatic carbocycles. The summed E-state index contributed by atoms with van der Waals surface area (Å²) in [5, 5.41) is 2.51. The van der Waals surface area contributed by atoms with Crippen LogP contribution in [0.5, 0.6) is 5.75 Å². The smallest absolute Gasteiger partial charge is 0.276 e. The first-order chi connectivity index (χ1) is 10.2. The molecule has 0 aliphatic heterocycles. The molecule has 120 valence electrons. The maximum Gasteiger partial charge on any atom is 0.276 e. The summed E-state index contributed by atoms with van der Waals surface area (Å²) in [6.07, 6.45) is 0. The third kappa shape index (κ3) is 6.53. The van der Waals surface area contributed by atoms with E-state index in [9.17, 15) is 9.59 Å². The van der Waals surface area contributed by atoms with Gasteiger partial charge in [0.15, 0.2) is 11.7 Å². The number of rotatable bonds is 3. The van der Waals surface area contributed by atoms with Crippen LogP contribution in [0.3, 0.4) is 0 Å². The second-order valence-electron chi connectivity index (χ2n) is 5.81. The number of nitrogens with one attached hydrogen (secondary N) is 3. The van der Waals surface area contributed by atoms with Gasteiger partial charge >= 0.3 is 0 Å². The quantitative estimate of drug-likeness (QED) is 0.579. The molecule has 0 heterocycles. The summed E-state index contributed by atoms with van der Waals surface area (Å²) in [7, 11) is 0. The molecule has 0 spiro atoms. The van der Waals surface area contributed by atoms with E-state index in [-0.39, 0.29) is 17.6 Å². The first-order valence-corrected chi connectivity index (χ1v) is 7.19. The van der Waals surface area contributed by atoms with Gasteiger partial charge in [0.1, 0.15) is 5.75 Å². The Kier molecular flexibility index (Phi) is 6.30. The third-order valence-corrected chi connectivity index (χ3v) is 2.82. The number of ether oxygens (including phenoxy) is 1. The number of benzene rings is 1. The largest absolute Gasteiger partial charge is 0.484 e. The zero-order valence-corrected chi connectivity index (χ0v) is 14.0. The highest BCUT2D eigenvalue weighted by atomic mass is 32.1. The average Bonchev–Trinajstić information content (AvgIpc) is 2.43. The van der Waals surface area contributed by atoms with Crippen LogP contribution in [0.4, 0.5) is 0 Å². The van der Waals surface area contributed by atoms with Gasteiger partial charge in [0, 0.05) is 5.41 Å². The summed E-state index contributed by atoms with van der Waals surface area (Å²) >= 11 is 4.91. The fourth-order valence-corrected chi connectivity index (χ4v) is 1.41. The van der Waals surface area contributed by atoms with Crippen molar-refractivity contribution in [1.29, 1.82) is 0 Å². The fourth-order valence-electron chi connectivity index (χ4n) is 1.27. The Hall–Kier alpha value is -2.15. The Bertz CT molecular complexity index is 550. The summed E-state index contributed by atoms with van der Waals surface area (Å²) in [5.74, 6) is -0.0487. The number of hydrogen-bond acceptors (Lipinski definition) is 4. The molecule has 0 atom stereocenters. The van der Waals surface area contributed by atoms with Gasteiger partial charge in [-0.2, -0.15) is 0 Å². The number of carbonyl (C=O) groups excluding carboxylic acids is 2. The van der Waals surface area contributed by atoms with Gasteiger partial charge < -0.3 is 10.1 Å². The molecular weight excluding hydrogens is 302 g/mol. The van der Waals surface area contributed by atoms with Crippen LogP contribution in [-0.4, -0.2) is 23.5 Å². The molecule has 3 N–H and O–H groups in total. The molecule has 0 fully saturated rings. The van der Waals surface area contributed by atoms with Crippen LogP contribution in [0, 0.1) is 12.3 Å². The van der Waals surface area contributed by atoms with Gasteiger partial charge in [-0.25, -0.2) is 0 Å². The monoisotopic (exact) mass is 323 g/mol. The van der Waals surface area contributed by atoms with Crippen LogP contribution < -0.4 is 20.9 Å². The van der Waals surface area contributed by atoms with Crippen molar-refractivity contribution in [2.24, 2.45) is 5.41 Å². The van der Waals surface area contributed by atoms with Gasteiger partial charge in [-0.15, -0.1) is 0 Å². The zero-order valence-electron chi connectivity index (χ0n) is 13.1. The molecule has 0 unspecified atom stereocenters. The van der Waals surface area contributed by atoms with Crippen molar-refractivity contribution >= 4 is 29.1 Å². The second-order valence-corrected chi connectivity index (χ2v) is 6.22. The van der Waals surface area contributed by atoms with Crippen molar-refractivity contribution in [2.45, 2.75) is 27.7 Å². The van der Waals surface area contributed by atoms with Crippen molar-refractivity contribution in [2.75, 3.05) is 6.61 Å². The van der Waals surface area contributed by atoms with Crippen molar-refractivity contribution in [3.63, 3.8) is 0 Å². The van der Waals surface area contributed by atoms with Crippen LogP contribution in [-0.2, 0) is 9.59 Å². The minimum absolute atomic E-state index is 0.0311. The van der Waals surface area contributed by atoms with Crippen LogP contribution in [0.1, 0.15) is 26.3 Å². The molecule has 0 bridgehead atoms. The Labute approximate surface area is 135 Å². The van der Waals surface area contributed by atoms with E-state index in [1.165, 1.54) is 0 Å². The first kappa shape index (κ1) is 17.9. The molecule has 0 saturated carbocycles. The van der Waals surface area contributed by atoms with E-state index in [2.05, 4.69) is 16.2 Å². The van der Waals surface area contributed by atoms with E-state index in [4.69, 9.17) is 17.0 Å². The number of hydrogen-bond donors (Lipinski definition) is 3. The molecule has 0 saturated heterocycles. The topological polar surface area (TPSA) is 79.5 Å². The predicted octanol–water partition coefficient (Wildman–Crippen LogP) is 1.44. The third-order valence-electron chi connectivity index (χ3n) is 2.61. The number of aryl methyl sites for hydroxylation is 1. The Morgan fingerprint density at radius 1 is 1.14 bits per heavy atom. The highest BCUT2D eigenvalue weighted by Crippen LogP contribution is 2.12. The lowest BCUT2D eigenvalue weighted by atomic mass is 9.96. The maximum absolute atomic E-state index is 11.7. The van der Waals surface area contributed by atoms with Crippen LogP contribution >= 0.6 is 12.2 Å². The first-order valence-electron chi connectivity index (χ1n) is 6.78. The summed E-state index contributed by atoms with van der Waals surface area (Å²) in [6.45, 7) is 7.09. The van der Waals surface area contributed by atoms with Gasteiger partial charge in [-0.1, -0.05) is 38.5 Å². The van der Waals surface area contributed by atoms with Gasteiger partial charge in [0.25, 0.3) is 5.91 Å². The molecule has 0 radical (unpaired) electrons. The highest BCUT2D eigenvalue weighted by molar-refractivity contribution is 7.80. The Balaban J connectivity index is 2.29. The van der Waals surface area contributed by atoms with Crippen LogP contribution in [0.25, 0.3) is 0 Å². The zero-order chi connectivity index (χ0) is 16.8.